The Kier molecular flexibility index (Phi) is 10.6. The van der Waals surface area contributed by atoms with Crippen LogP contribution in [0.3, 0.4) is 0 Å². The van der Waals surface area contributed by atoms with Crippen molar-refractivity contribution < 1.29 is 9.59 Å². The van der Waals surface area contributed by atoms with Gasteiger partial charge < -0.3 is 0 Å². The number of nitrogens with one attached hydrogen (secondary N) is 2. The lowest BCUT2D eigenvalue weighted by Crippen LogP contribution is -2.17. The van der Waals surface area contributed by atoms with E-state index in [9.17, 15) is 9.59 Å². The van der Waals surface area contributed by atoms with Crippen LogP contribution in [-0.4, -0.2) is 24.2 Å². The van der Waals surface area contributed by atoms with Gasteiger partial charge in [0.15, 0.2) is 0 Å². The number of amides is 2. The molecule has 0 saturated heterocycles. The number of hydrogen-bond acceptors (Lipinski definition) is 4. The van der Waals surface area contributed by atoms with Crippen molar-refractivity contribution in [2.24, 2.45) is 10.2 Å². The molecule has 0 heterocycles. The maximum atomic E-state index is 11.8. The average molecular weight is 447 g/mol. The molecule has 2 rings (SSSR count). The SMILES string of the molecule is O=C(CCCCCCC(=O)NN=Cc1cccc(Cl)c1)NN=Cc1cccc(Cl)c1. The Morgan fingerprint density at radius 1 is 0.733 bits per heavy atom. The predicted molar refractivity (Wildman–Crippen MR) is 122 cm³/mol. The second-order valence-electron chi connectivity index (χ2n) is 6.61. The molecular formula is C22H24Cl2N4O2. The molecule has 0 aromatic heterocycles. The maximum absolute atomic E-state index is 11.8. The highest BCUT2D eigenvalue weighted by molar-refractivity contribution is 6.31. The second-order valence-corrected chi connectivity index (χ2v) is 7.48. The predicted octanol–water partition coefficient (Wildman–Crippen LogP) is 4.93. The van der Waals surface area contributed by atoms with E-state index in [-0.39, 0.29) is 11.8 Å². The van der Waals surface area contributed by atoms with Crippen LogP contribution in [0.1, 0.15) is 49.7 Å². The number of rotatable bonds is 11. The topological polar surface area (TPSA) is 82.9 Å². The van der Waals surface area contributed by atoms with E-state index in [1.165, 1.54) is 0 Å². The van der Waals surface area contributed by atoms with Crippen molar-refractivity contribution in [2.75, 3.05) is 0 Å². The van der Waals surface area contributed by atoms with E-state index in [1.807, 2.05) is 24.3 Å². The first-order valence-corrected chi connectivity index (χ1v) is 10.4. The van der Waals surface area contributed by atoms with Crippen molar-refractivity contribution in [3.05, 3.63) is 69.7 Å². The van der Waals surface area contributed by atoms with Gasteiger partial charge in [-0.15, -0.1) is 0 Å². The Bertz CT molecular complexity index is 827. The number of hydrazone groups is 2. The van der Waals surface area contributed by atoms with Crippen LogP contribution in [0.25, 0.3) is 0 Å². The molecule has 0 bridgehead atoms. The first kappa shape index (κ1) is 23.6. The van der Waals surface area contributed by atoms with E-state index < -0.39 is 0 Å². The number of halogens is 2. The monoisotopic (exact) mass is 446 g/mol. The van der Waals surface area contributed by atoms with Crippen LogP contribution in [0.4, 0.5) is 0 Å². The summed E-state index contributed by atoms with van der Waals surface area (Å²) in [5.41, 5.74) is 6.63. The molecule has 8 heteroatoms. The third kappa shape index (κ3) is 10.2. The van der Waals surface area contributed by atoms with E-state index in [0.29, 0.717) is 22.9 Å². The summed E-state index contributed by atoms with van der Waals surface area (Å²) in [6.45, 7) is 0. The minimum Gasteiger partial charge on any atom is -0.273 e. The normalized spacial score (nSPS) is 11.1. The molecule has 0 aliphatic heterocycles. The lowest BCUT2D eigenvalue weighted by molar-refractivity contribution is -0.122. The van der Waals surface area contributed by atoms with Gasteiger partial charge in [-0.1, -0.05) is 60.3 Å². The van der Waals surface area contributed by atoms with Gasteiger partial charge in [0, 0.05) is 22.9 Å². The Labute approximate surface area is 186 Å². The zero-order chi connectivity index (χ0) is 21.6. The largest absolute Gasteiger partial charge is 0.273 e. The molecule has 0 unspecified atom stereocenters. The van der Waals surface area contributed by atoms with Crippen LogP contribution in [0.15, 0.2) is 58.7 Å². The molecule has 158 valence electrons. The number of unbranched alkanes of at least 4 members (excludes halogenated alkanes) is 3. The standard InChI is InChI=1S/C22H24Cl2N4O2/c23-19-9-5-7-17(13-19)15-25-27-21(29)11-3-1-2-4-12-22(30)28-26-16-18-8-6-10-20(24)14-18/h5-10,13-16H,1-4,11-12H2,(H,27,29)(H,28,30). The summed E-state index contributed by atoms with van der Waals surface area (Å²) in [4.78, 5) is 23.5. The van der Waals surface area contributed by atoms with Gasteiger partial charge in [0.05, 0.1) is 12.4 Å². The van der Waals surface area contributed by atoms with Crippen LogP contribution in [0.5, 0.6) is 0 Å². The van der Waals surface area contributed by atoms with Crippen LogP contribution in [0, 0.1) is 0 Å². The summed E-state index contributed by atoms with van der Waals surface area (Å²) in [7, 11) is 0. The summed E-state index contributed by atoms with van der Waals surface area (Å²) < 4.78 is 0. The summed E-state index contributed by atoms with van der Waals surface area (Å²) in [5, 5.41) is 9.07. The van der Waals surface area contributed by atoms with Crippen LogP contribution < -0.4 is 10.9 Å². The molecule has 2 amide bonds. The molecule has 0 spiro atoms. The highest BCUT2D eigenvalue weighted by atomic mass is 35.5. The van der Waals surface area contributed by atoms with E-state index in [0.717, 1.165) is 36.8 Å². The van der Waals surface area contributed by atoms with E-state index >= 15 is 0 Å². The number of nitrogens with zero attached hydrogens (tertiary/aromatic N) is 2. The van der Waals surface area contributed by atoms with Gasteiger partial charge in [-0.2, -0.15) is 10.2 Å². The molecule has 6 nitrogen and oxygen atoms in total. The Hall–Kier alpha value is -2.70. The first-order chi connectivity index (χ1) is 14.5. The Morgan fingerprint density at radius 3 is 1.57 bits per heavy atom. The van der Waals surface area contributed by atoms with Gasteiger partial charge >= 0.3 is 0 Å². The van der Waals surface area contributed by atoms with Gasteiger partial charge in [-0.05, 0) is 48.2 Å². The quantitative estimate of drug-likeness (QED) is 0.291. The molecule has 2 N–H and O–H groups in total. The fourth-order valence-electron chi connectivity index (χ4n) is 2.57. The van der Waals surface area contributed by atoms with E-state index in [2.05, 4.69) is 21.1 Å². The Morgan fingerprint density at radius 2 is 1.17 bits per heavy atom. The molecule has 2 aromatic carbocycles. The fourth-order valence-corrected chi connectivity index (χ4v) is 2.97. The van der Waals surface area contributed by atoms with Crippen LogP contribution in [-0.2, 0) is 9.59 Å². The zero-order valence-corrected chi connectivity index (χ0v) is 18.0. The van der Waals surface area contributed by atoms with Crippen LogP contribution >= 0.6 is 23.2 Å². The molecule has 0 atom stereocenters. The zero-order valence-electron chi connectivity index (χ0n) is 16.5. The highest BCUT2D eigenvalue weighted by Crippen LogP contribution is 2.10. The summed E-state index contributed by atoms with van der Waals surface area (Å²) in [6.07, 6.45) is 7.11. The minimum absolute atomic E-state index is 0.138. The van der Waals surface area contributed by atoms with Crippen LogP contribution in [0.2, 0.25) is 10.0 Å². The van der Waals surface area contributed by atoms with Crippen molar-refractivity contribution in [3.63, 3.8) is 0 Å². The number of carbonyl (C=O) groups is 2. The summed E-state index contributed by atoms with van der Waals surface area (Å²) >= 11 is 11.8. The number of carbonyl (C=O) groups excluding carboxylic acids is 2. The van der Waals surface area contributed by atoms with Crippen molar-refractivity contribution in [3.8, 4) is 0 Å². The smallest absolute Gasteiger partial charge is 0.240 e. The average Bonchev–Trinajstić information content (AvgIpc) is 2.71. The second kappa shape index (κ2) is 13.5. The van der Waals surface area contributed by atoms with Crippen molar-refractivity contribution >= 4 is 47.4 Å². The van der Waals surface area contributed by atoms with Crippen molar-refractivity contribution in [2.45, 2.75) is 38.5 Å². The first-order valence-electron chi connectivity index (χ1n) is 9.68. The van der Waals surface area contributed by atoms with Gasteiger partial charge in [0.2, 0.25) is 11.8 Å². The van der Waals surface area contributed by atoms with E-state index in [4.69, 9.17) is 23.2 Å². The Balaban J connectivity index is 1.50. The molecule has 0 radical (unpaired) electrons. The summed E-state index contributed by atoms with van der Waals surface area (Å²) in [5.74, 6) is -0.275. The molecule has 2 aromatic rings. The van der Waals surface area contributed by atoms with Gasteiger partial charge in [-0.25, -0.2) is 10.9 Å². The van der Waals surface area contributed by atoms with Gasteiger partial charge in [0.25, 0.3) is 0 Å². The van der Waals surface area contributed by atoms with Crippen molar-refractivity contribution in [1.29, 1.82) is 0 Å². The molecule has 0 saturated carbocycles. The van der Waals surface area contributed by atoms with Crippen molar-refractivity contribution in [1.82, 2.24) is 10.9 Å². The molecule has 30 heavy (non-hydrogen) atoms. The van der Waals surface area contributed by atoms with Gasteiger partial charge in [0.1, 0.15) is 0 Å². The highest BCUT2D eigenvalue weighted by Gasteiger charge is 2.02. The number of benzene rings is 2. The lowest BCUT2D eigenvalue weighted by Gasteiger charge is -2.02. The minimum atomic E-state index is -0.138. The number of hydrogen-bond donors (Lipinski definition) is 2. The fraction of sp³-hybridized carbons (Fsp3) is 0.273. The molecule has 0 aliphatic rings. The van der Waals surface area contributed by atoms with Gasteiger partial charge in [-0.3, -0.25) is 9.59 Å². The molecule has 0 aliphatic carbocycles. The third-order valence-corrected chi connectivity index (χ3v) is 4.53. The third-order valence-electron chi connectivity index (χ3n) is 4.06. The summed E-state index contributed by atoms with van der Waals surface area (Å²) in [6, 6.07) is 14.4. The molecule has 0 fully saturated rings. The molecular weight excluding hydrogens is 423 g/mol. The van der Waals surface area contributed by atoms with E-state index in [1.54, 1.807) is 36.7 Å². The lowest BCUT2D eigenvalue weighted by atomic mass is 10.1. The maximum Gasteiger partial charge on any atom is 0.240 e.